The molecule has 1 N–H and O–H groups in total. The zero-order chi connectivity index (χ0) is 20.5. The molecule has 5 nitrogen and oxygen atoms in total. The van der Waals surface area contributed by atoms with Crippen molar-refractivity contribution in [2.24, 2.45) is 0 Å². The molecule has 0 saturated carbocycles. The summed E-state index contributed by atoms with van der Waals surface area (Å²) in [6.45, 7) is 4.85. The number of nitrogens with zero attached hydrogens (tertiary/aromatic N) is 2. The maximum Gasteiger partial charge on any atom is 0.329 e. The molecule has 0 amide bonds. The first-order chi connectivity index (χ1) is 14.1. The second-order valence-corrected chi connectivity index (χ2v) is 7.52. The lowest BCUT2D eigenvalue weighted by molar-refractivity contribution is -0.141. The van der Waals surface area contributed by atoms with Crippen LogP contribution in [0.4, 0.5) is 0 Å². The van der Waals surface area contributed by atoms with Gasteiger partial charge in [0.1, 0.15) is 6.61 Å². The van der Waals surface area contributed by atoms with Crippen molar-refractivity contribution < 1.29 is 14.6 Å². The zero-order valence-corrected chi connectivity index (χ0v) is 17.2. The molecule has 0 radical (unpaired) electrons. The van der Waals surface area contributed by atoms with Crippen molar-refractivity contribution in [2.75, 3.05) is 45.9 Å². The number of piperazine rings is 1. The monoisotopic (exact) mass is 414 g/mol. The molecule has 29 heavy (non-hydrogen) atoms. The van der Waals surface area contributed by atoms with Crippen LogP contribution in [-0.4, -0.2) is 66.8 Å². The molecule has 154 valence electrons. The topological polar surface area (TPSA) is 53.0 Å². The smallest absolute Gasteiger partial charge is 0.329 e. The molecule has 2 aromatic rings. The number of carbonyl (C=O) groups is 1. The average Bonchev–Trinajstić information content (AvgIpc) is 2.74. The first kappa shape index (κ1) is 21.5. The van der Waals surface area contributed by atoms with E-state index in [1.54, 1.807) is 0 Å². The molecule has 0 aromatic heterocycles. The van der Waals surface area contributed by atoms with Gasteiger partial charge in [-0.15, -0.1) is 0 Å². The van der Waals surface area contributed by atoms with Crippen LogP contribution in [0.5, 0.6) is 0 Å². The van der Waals surface area contributed by atoms with E-state index in [1.165, 1.54) is 11.1 Å². The first-order valence-corrected chi connectivity index (χ1v) is 10.2. The van der Waals surface area contributed by atoms with Crippen molar-refractivity contribution >= 4 is 17.6 Å². The van der Waals surface area contributed by atoms with Crippen LogP contribution in [0.3, 0.4) is 0 Å². The summed E-state index contributed by atoms with van der Waals surface area (Å²) in [4.78, 5) is 15.3. The van der Waals surface area contributed by atoms with E-state index < -0.39 is 5.97 Å². The second kappa shape index (κ2) is 11.1. The van der Waals surface area contributed by atoms with Crippen molar-refractivity contribution in [3.63, 3.8) is 0 Å². The summed E-state index contributed by atoms with van der Waals surface area (Å²) in [5, 5.41) is 9.31. The molecule has 1 fully saturated rings. The zero-order valence-electron chi connectivity index (χ0n) is 16.4. The largest absolute Gasteiger partial charge is 0.480 e. The van der Waals surface area contributed by atoms with Gasteiger partial charge in [-0.2, -0.15) is 0 Å². The van der Waals surface area contributed by atoms with E-state index in [0.717, 1.165) is 37.7 Å². The summed E-state index contributed by atoms with van der Waals surface area (Å²) < 4.78 is 5.02. The van der Waals surface area contributed by atoms with Gasteiger partial charge in [0.05, 0.1) is 12.6 Å². The fourth-order valence-electron chi connectivity index (χ4n) is 3.60. The molecule has 1 heterocycles. The van der Waals surface area contributed by atoms with Gasteiger partial charge in [0.2, 0.25) is 0 Å². The quantitative estimate of drug-likeness (QED) is 0.500. The van der Waals surface area contributed by atoms with Crippen molar-refractivity contribution in [1.82, 2.24) is 9.80 Å². The Bertz CT molecular complexity index is 788. The third kappa shape index (κ3) is 6.68. The van der Waals surface area contributed by atoms with Gasteiger partial charge in [0, 0.05) is 37.7 Å². The van der Waals surface area contributed by atoms with Crippen LogP contribution in [0, 0.1) is 0 Å². The summed E-state index contributed by atoms with van der Waals surface area (Å²) in [5.41, 5.74) is 2.54. The highest BCUT2D eigenvalue weighted by Crippen LogP contribution is 2.30. The van der Waals surface area contributed by atoms with Gasteiger partial charge in [-0.25, -0.2) is 4.79 Å². The lowest BCUT2D eigenvalue weighted by Gasteiger charge is -2.39. The predicted molar refractivity (Wildman–Crippen MR) is 115 cm³/mol. The van der Waals surface area contributed by atoms with Crippen LogP contribution in [0.25, 0.3) is 0 Å². The van der Waals surface area contributed by atoms with Crippen molar-refractivity contribution in [2.45, 2.75) is 6.04 Å². The third-order valence-electron chi connectivity index (χ3n) is 5.04. The van der Waals surface area contributed by atoms with Gasteiger partial charge in [-0.05, 0) is 23.3 Å². The highest BCUT2D eigenvalue weighted by atomic mass is 35.5. The van der Waals surface area contributed by atoms with E-state index in [1.807, 2.05) is 30.4 Å². The standard InChI is InChI=1S/C23H27ClN2O3/c24-21-10-8-20(9-11-21)23(19-6-2-1-3-7-19)26-15-13-25(14-16-26)12-4-5-17-29-18-22(27)28/h1-11,23H,12-18H2,(H,27,28)/b5-4+. The number of hydrogen-bond acceptors (Lipinski definition) is 4. The van der Waals surface area contributed by atoms with Gasteiger partial charge in [0.15, 0.2) is 0 Å². The van der Waals surface area contributed by atoms with Crippen molar-refractivity contribution in [1.29, 1.82) is 0 Å². The number of carboxylic acids is 1. The number of halogens is 1. The van der Waals surface area contributed by atoms with Crippen LogP contribution < -0.4 is 0 Å². The molecule has 6 heteroatoms. The van der Waals surface area contributed by atoms with Crippen molar-refractivity contribution in [3.8, 4) is 0 Å². The van der Waals surface area contributed by atoms with E-state index in [0.29, 0.717) is 6.61 Å². The molecule has 0 aliphatic carbocycles. The number of rotatable bonds is 9. The van der Waals surface area contributed by atoms with Crippen LogP contribution in [-0.2, 0) is 9.53 Å². The number of benzene rings is 2. The number of ether oxygens (including phenoxy) is 1. The molecule has 1 aliphatic rings. The molecule has 0 bridgehead atoms. The molecular formula is C23H27ClN2O3. The van der Waals surface area contributed by atoms with Gasteiger partial charge in [-0.3, -0.25) is 9.80 Å². The van der Waals surface area contributed by atoms with E-state index in [4.69, 9.17) is 21.4 Å². The Hall–Kier alpha value is -2.18. The molecule has 0 spiro atoms. The molecule has 1 aliphatic heterocycles. The highest BCUT2D eigenvalue weighted by molar-refractivity contribution is 6.30. The molecular weight excluding hydrogens is 388 g/mol. The van der Waals surface area contributed by atoms with Gasteiger partial charge >= 0.3 is 5.97 Å². The summed E-state index contributed by atoms with van der Waals surface area (Å²) in [5.74, 6) is -0.942. The van der Waals surface area contributed by atoms with E-state index in [9.17, 15) is 4.79 Å². The van der Waals surface area contributed by atoms with Gasteiger partial charge < -0.3 is 9.84 Å². The summed E-state index contributed by atoms with van der Waals surface area (Å²) in [7, 11) is 0. The second-order valence-electron chi connectivity index (χ2n) is 7.08. The molecule has 3 rings (SSSR count). The average molecular weight is 415 g/mol. The fourth-order valence-corrected chi connectivity index (χ4v) is 3.73. The molecule has 1 atom stereocenters. The molecule has 2 aromatic carbocycles. The maximum absolute atomic E-state index is 10.4. The SMILES string of the molecule is O=C(O)COC/C=C/CN1CCN(C(c2ccccc2)c2ccc(Cl)cc2)CC1. The third-order valence-corrected chi connectivity index (χ3v) is 5.29. The van der Waals surface area contributed by atoms with Crippen LogP contribution in [0.1, 0.15) is 17.2 Å². The van der Waals surface area contributed by atoms with Gasteiger partial charge in [-0.1, -0.05) is 66.2 Å². The summed E-state index contributed by atoms with van der Waals surface area (Å²) in [6, 6.07) is 19.0. The fraction of sp³-hybridized carbons (Fsp3) is 0.348. The van der Waals surface area contributed by atoms with E-state index >= 15 is 0 Å². The van der Waals surface area contributed by atoms with E-state index in [2.05, 4.69) is 46.2 Å². The maximum atomic E-state index is 10.4. The first-order valence-electron chi connectivity index (χ1n) is 9.85. The van der Waals surface area contributed by atoms with Gasteiger partial charge in [0.25, 0.3) is 0 Å². The van der Waals surface area contributed by atoms with Crippen LogP contribution in [0.2, 0.25) is 5.02 Å². The summed E-state index contributed by atoms with van der Waals surface area (Å²) >= 11 is 6.10. The lowest BCUT2D eigenvalue weighted by atomic mass is 9.96. The molecule has 1 unspecified atom stereocenters. The number of carboxylic acid groups (broad SMARTS) is 1. The predicted octanol–water partition coefficient (Wildman–Crippen LogP) is 3.70. The molecule has 1 saturated heterocycles. The van der Waals surface area contributed by atoms with E-state index in [-0.39, 0.29) is 12.6 Å². The Morgan fingerprint density at radius 2 is 1.66 bits per heavy atom. The Kier molecular flexibility index (Phi) is 8.25. The Balaban J connectivity index is 1.57. The minimum Gasteiger partial charge on any atom is -0.480 e. The minimum absolute atomic E-state index is 0.218. The van der Waals surface area contributed by atoms with Crippen LogP contribution >= 0.6 is 11.6 Å². The Morgan fingerprint density at radius 1 is 1.00 bits per heavy atom. The summed E-state index contributed by atoms with van der Waals surface area (Å²) in [6.07, 6.45) is 3.93. The number of aliphatic carboxylic acids is 1. The Labute approximate surface area is 177 Å². The number of hydrogen-bond donors (Lipinski definition) is 1. The minimum atomic E-state index is -0.942. The Morgan fingerprint density at radius 3 is 2.31 bits per heavy atom. The lowest BCUT2D eigenvalue weighted by Crippen LogP contribution is -2.47. The van der Waals surface area contributed by atoms with Crippen molar-refractivity contribution in [3.05, 3.63) is 82.9 Å². The van der Waals surface area contributed by atoms with Crippen LogP contribution in [0.15, 0.2) is 66.7 Å². The normalized spacial score (nSPS) is 16.9. The highest BCUT2D eigenvalue weighted by Gasteiger charge is 2.25.